The van der Waals surface area contributed by atoms with Crippen LogP contribution in [0.2, 0.25) is 19.6 Å². The summed E-state index contributed by atoms with van der Waals surface area (Å²) in [6.07, 6.45) is 0. The Balaban J connectivity index is -0.000000368. The summed E-state index contributed by atoms with van der Waals surface area (Å²) in [4.78, 5) is 0. The topological polar surface area (TPSA) is 68.9 Å². The van der Waals surface area contributed by atoms with Gasteiger partial charge in [-0.1, -0.05) is 43.9 Å². The molecule has 4 nitrogen and oxygen atoms in total. The summed E-state index contributed by atoms with van der Waals surface area (Å²) in [5, 5.41) is 0. The molecule has 0 amide bonds. The van der Waals surface area contributed by atoms with E-state index >= 15 is 0 Å². The molecule has 0 unspecified atom stereocenters. The first-order valence-electron chi connectivity index (χ1n) is 5.40. The van der Waals surface area contributed by atoms with Gasteiger partial charge in [-0.3, -0.25) is 0 Å². The van der Waals surface area contributed by atoms with Crippen LogP contribution in [0.3, 0.4) is 0 Å². The van der Waals surface area contributed by atoms with Crippen LogP contribution in [-0.2, 0) is 42.7 Å². The summed E-state index contributed by atoms with van der Waals surface area (Å²) in [5.41, 5.74) is 3.22. The standard InChI is InChI=1S/C11H16OSi.3CO.Cr/c1-13(2,3)11-10-7-5-4-6-9(10)8-12-11;3*1-2;/h4-7,11H,8H2,1-3H3;;;;/t11-;;;;/m1..../s1. The molecule has 0 spiro atoms. The summed E-state index contributed by atoms with van der Waals surface area (Å²) >= 11 is 0. The Labute approximate surface area is 131 Å². The second-order valence-electron chi connectivity index (χ2n) is 4.76. The molecule has 6 heteroatoms. The van der Waals surface area contributed by atoms with Gasteiger partial charge < -0.3 is 4.74 Å². The van der Waals surface area contributed by atoms with Crippen molar-refractivity contribution in [3.05, 3.63) is 55.3 Å². The molecule has 0 N–H and O–H groups in total. The summed E-state index contributed by atoms with van der Waals surface area (Å²) < 4.78 is 28.3. The van der Waals surface area contributed by atoms with Gasteiger partial charge in [-0.25, -0.2) is 0 Å². The molecule has 20 heavy (non-hydrogen) atoms. The zero-order valence-corrected chi connectivity index (χ0v) is 13.9. The predicted molar refractivity (Wildman–Crippen MR) is 69.1 cm³/mol. The Morgan fingerprint density at radius 3 is 1.90 bits per heavy atom. The van der Waals surface area contributed by atoms with Crippen LogP contribution in [0.15, 0.2) is 24.3 Å². The third-order valence-corrected chi connectivity index (χ3v) is 4.58. The predicted octanol–water partition coefficient (Wildman–Crippen LogP) is 3.02. The van der Waals surface area contributed by atoms with E-state index in [4.69, 9.17) is 18.7 Å². The molecule has 1 aromatic carbocycles. The van der Waals surface area contributed by atoms with Crippen molar-refractivity contribution in [2.24, 2.45) is 0 Å². The molecule has 1 aliphatic heterocycles. The number of fused-ring (bicyclic) bond motifs is 1. The first-order chi connectivity index (χ1) is 9.09. The minimum atomic E-state index is -1.20. The van der Waals surface area contributed by atoms with Crippen molar-refractivity contribution in [3.8, 4) is 0 Å². The Morgan fingerprint density at radius 1 is 1.00 bits per heavy atom. The van der Waals surface area contributed by atoms with E-state index in [0.717, 1.165) is 6.61 Å². The fourth-order valence-corrected chi connectivity index (χ4v) is 3.70. The van der Waals surface area contributed by atoms with E-state index in [1.165, 1.54) is 11.1 Å². The van der Waals surface area contributed by atoms with Crippen molar-refractivity contribution in [3.63, 3.8) is 0 Å². The molecule has 0 fully saturated rings. The zero-order valence-electron chi connectivity index (χ0n) is 11.6. The molecule has 0 aliphatic carbocycles. The number of ether oxygens (including phenoxy) is 1. The van der Waals surface area contributed by atoms with Crippen molar-refractivity contribution in [2.45, 2.75) is 32.0 Å². The van der Waals surface area contributed by atoms with Gasteiger partial charge in [0.05, 0.1) is 20.4 Å². The third kappa shape index (κ3) is 7.07. The van der Waals surface area contributed by atoms with Gasteiger partial charge >= 0.3 is 33.9 Å². The molecule has 0 aromatic heterocycles. The molecule has 0 saturated heterocycles. The quantitative estimate of drug-likeness (QED) is 0.444. The summed E-state index contributed by atoms with van der Waals surface area (Å²) in [7, 11) is -1.20. The van der Waals surface area contributed by atoms with Gasteiger partial charge in [0.1, 0.15) is 0 Å². The number of rotatable bonds is 1. The van der Waals surface area contributed by atoms with E-state index in [0.29, 0.717) is 5.73 Å². The van der Waals surface area contributed by atoms with Gasteiger partial charge in [0.25, 0.3) is 0 Å². The van der Waals surface area contributed by atoms with E-state index < -0.39 is 8.07 Å². The molecule has 2 rings (SSSR count). The molecular formula is C14H16CrO4Si. The summed E-state index contributed by atoms with van der Waals surface area (Å²) in [6, 6.07) is 8.59. The van der Waals surface area contributed by atoms with Crippen LogP contribution < -0.4 is 0 Å². The SMILES string of the molecule is C[Si](C)(C)[C@H]1OCc2ccccc21.[C-]#[O+].[C-]#[O+].[C-]#[O+].[Cr]. The van der Waals surface area contributed by atoms with Crippen molar-refractivity contribution in [2.75, 3.05) is 0 Å². The van der Waals surface area contributed by atoms with Gasteiger partial charge in [0, 0.05) is 17.4 Å². The van der Waals surface area contributed by atoms with Gasteiger partial charge in [-0.15, -0.1) is 0 Å². The fourth-order valence-electron chi connectivity index (χ4n) is 1.90. The molecule has 0 saturated carbocycles. The molecule has 106 valence electrons. The van der Waals surface area contributed by atoms with Crippen LogP contribution in [0, 0.1) is 20.0 Å². The monoisotopic (exact) mass is 328 g/mol. The maximum Gasteiger partial charge on any atom is 0 e. The maximum atomic E-state index is 7.50. The second kappa shape index (κ2) is 13.1. The van der Waals surface area contributed by atoms with Crippen LogP contribution >= 0.6 is 0 Å². The number of hydrogen-bond acceptors (Lipinski definition) is 1. The average Bonchev–Trinajstić information content (AvgIpc) is 2.89. The largest absolute Gasteiger partial charge is 0 e. The Kier molecular flexibility index (Phi) is 15.9. The van der Waals surface area contributed by atoms with Crippen LogP contribution in [-0.4, -0.2) is 8.07 Å². The first kappa shape index (κ1) is 24.2. The van der Waals surface area contributed by atoms with Crippen molar-refractivity contribution >= 4 is 8.07 Å². The number of hydrogen-bond donors (Lipinski definition) is 0. The molecular weight excluding hydrogens is 312 g/mol. The molecule has 0 bridgehead atoms. The Bertz CT molecular complexity index is 421. The van der Waals surface area contributed by atoms with Crippen molar-refractivity contribution < 1.29 is 36.1 Å². The minimum absolute atomic E-state index is 0. The second-order valence-corrected chi connectivity index (χ2v) is 10.0. The zero-order chi connectivity index (χ0) is 15.5. The Hall–Kier alpha value is -0.851. The van der Waals surface area contributed by atoms with Crippen molar-refractivity contribution in [1.29, 1.82) is 0 Å². The smallest absolute Gasteiger partial charge is 0 e. The molecule has 1 aliphatic rings. The normalized spacial score (nSPS) is 14.3. The van der Waals surface area contributed by atoms with Crippen molar-refractivity contribution in [1.82, 2.24) is 0 Å². The van der Waals surface area contributed by atoms with E-state index in [-0.39, 0.29) is 17.4 Å². The van der Waals surface area contributed by atoms with Gasteiger partial charge in [0.15, 0.2) is 0 Å². The summed E-state index contributed by atoms with van der Waals surface area (Å²) in [5.74, 6) is 0. The van der Waals surface area contributed by atoms with Crippen LogP contribution in [0.1, 0.15) is 16.9 Å². The van der Waals surface area contributed by atoms with Crippen LogP contribution in [0.4, 0.5) is 0 Å². The minimum Gasteiger partial charge on any atom is 0 e. The first-order valence-corrected chi connectivity index (χ1v) is 8.97. The molecule has 1 atom stereocenters. The van der Waals surface area contributed by atoms with Crippen LogP contribution in [0.5, 0.6) is 0 Å². The molecule has 1 heterocycles. The third-order valence-electron chi connectivity index (χ3n) is 2.53. The molecule has 0 radical (unpaired) electrons. The van der Waals surface area contributed by atoms with Gasteiger partial charge in [-0.2, -0.15) is 0 Å². The van der Waals surface area contributed by atoms with E-state index in [9.17, 15) is 0 Å². The number of benzene rings is 1. The van der Waals surface area contributed by atoms with E-state index in [2.05, 4.69) is 63.9 Å². The molecule has 1 aromatic rings. The van der Waals surface area contributed by atoms with Gasteiger partial charge in [0.2, 0.25) is 0 Å². The average molecular weight is 328 g/mol. The summed E-state index contributed by atoms with van der Waals surface area (Å²) in [6.45, 7) is 21.4. The van der Waals surface area contributed by atoms with Crippen LogP contribution in [0.25, 0.3) is 0 Å². The fraction of sp³-hybridized carbons (Fsp3) is 0.357. The Morgan fingerprint density at radius 2 is 1.45 bits per heavy atom. The van der Waals surface area contributed by atoms with Gasteiger partial charge in [-0.05, 0) is 11.1 Å². The van der Waals surface area contributed by atoms with E-state index in [1.807, 2.05) is 0 Å². The van der Waals surface area contributed by atoms with E-state index in [1.54, 1.807) is 0 Å². The maximum absolute atomic E-state index is 7.50.